The molecule has 1 unspecified atom stereocenters. The first-order chi connectivity index (χ1) is 15.4. The summed E-state index contributed by atoms with van der Waals surface area (Å²) in [6.45, 7) is 3.35. The van der Waals surface area contributed by atoms with Crippen LogP contribution in [0.15, 0.2) is 40.0 Å². The summed E-state index contributed by atoms with van der Waals surface area (Å²) in [4.78, 5) is 45.3. The lowest BCUT2D eigenvalue weighted by atomic mass is 9.74. The van der Waals surface area contributed by atoms with Crippen LogP contribution in [0.1, 0.15) is 31.5 Å². The summed E-state index contributed by atoms with van der Waals surface area (Å²) in [5.41, 5.74) is 5.44. The van der Waals surface area contributed by atoms with E-state index in [0.29, 0.717) is 11.1 Å². The zero-order valence-corrected chi connectivity index (χ0v) is 17.6. The summed E-state index contributed by atoms with van der Waals surface area (Å²) in [6.07, 6.45) is 5.18. The first kappa shape index (κ1) is 21.2. The van der Waals surface area contributed by atoms with Crippen LogP contribution in [0.5, 0.6) is 0 Å². The van der Waals surface area contributed by atoms with Crippen LogP contribution in [0.4, 0.5) is 6.01 Å². The summed E-state index contributed by atoms with van der Waals surface area (Å²) in [5.74, 6) is 0.809. The van der Waals surface area contributed by atoms with E-state index >= 15 is 0 Å². The third kappa shape index (κ3) is 2.80. The number of nitrogens with zero attached hydrogens (tertiary/aromatic N) is 2. The van der Waals surface area contributed by atoms with Gasteiger partial charge in [0.2, 0.25) is 5.91 Å². The summed E-state index contributed by atoms with van der Waals surface area (Å²) in [5, 5.41) is 0. The van der Waals surface area contributed by atoms with E-state index in [1.807, 2.05) is 0 Å². The van der Waals surface area contributed by atoms with Gasteiger partial charge < -0.3 is 24.5 Å². The van der Waals surface area contributed by atoms with Gasteiger partial charge in [0, 0.05) is 11.3 Å². The molecule has 0 bridgehead atoms. The predicted molar refractivity (Wildman–Crippen MR) is 113 cm³/mol. The quantitative estimate of drug-likeness (QED) is 0.538. The average molecular weight is 435 g/mol. The Morgan fingerprint density at radius 2 is 1.97 bits per heavy atom. The number of carbonyl (C=O) groups excluding carboxylic acids is 3. The normalized spacial score (nSPS) is 18.5. The molecule has 9 nitrogen and oxygen atoms in total. The molecule has 1 atom stereocenters. The maximum Gasteiger partial charge on any atom is 0.337 e. The number of nitrogens with two attached hydrogens (primary N) is 1. The van der Waals surface area contributed by atoms with Crippen LogP contribution in [-0.4, -0.2) is 47.5 Å². The molecule has 1 spiro atoms. The van der Waals surface area contributed by atoms with Crippen LogP contribution >= 0.6 is 0 Å². The van der Waals surface area contributed by atoms with Crippen molar-refractivity contribution in [3.05, 3.63) is 46.8 Å². The van der Waals surface area contributed by atoms with Crippen molar-refractivity contribution in [3.8, 4) is 23.7 Å². The zero-order valence-electron chi connectivity index (χ0n) is 17.6. The number of nitrogen functional groups attached to an aromatic ring is 1. The SMILES string of the molecule is C#CCN1C(=O)C2(C(C(=O)OCC)=C1CC(=O)OCC)c1ccccc1-c1oc(N)nc12. The number of aromatic nitrogens is 1. The van der Waals surface area contributed by atoms with Gasteiger partial charge in [0.15, 0.2) is 11.2 Å². The average Bonchev–Trinajstić information content (AvgIpc) is 3.34. The van der Waals surface area contributed by atoms with E-state index in [1.165, 1.54) is 4.90 Å². The maximum absolute atomic E-state index is 14.0. The number of carbonyl (C=O) groups is 3. The van der Waals surface area contributed by atoms with Gasteiger partial charge in [0.25, 0.3) is 6.01 Å². The fraction of sp³-hybridized carbons (Fsp3) is 0.304. The van der Waals surface area contributed by atoms with Crippen molar-refractivity contribution in [2.45, 2.75) is 25.7 Å². The third-order valence-corrected chi connectivity index (χ3v) is 5.48. The highest BCUT2D eigenvalue weighted by Crippen LogP contribution is 2.58. The molecule has 0 fully saturated rings. The van der Waals surface area contributed by atoms with Gasteiger partial charge in [0.1, 0.15) is 5.69 Å². The monoisotopic (exact) mass is 435 g/mol. The number of terminal acetylenes is 1. The highest BCUT2D eigenvalue weighted by atomic mass is 16.5. The van der Waals surface area contributed by atoms with Crippen LogP contribution in [0, 0.1) is 12.3 Å². The molecule has 0 saturated carbocycles. The summed E-state index contributed by atoms with van der Waals surface area (Å²) in [7, 11) is 0. The Hall–Kier alpha value is -4.06. The predicted octanol–water partition coefficient (Wildman–Crippen LogP) is 1.77. The van der Waals surface area contributed by atoms with Gasteiger partial charge in [-0.1, -0.05) is 30.2 Å². The van der Waals surface area contributed by atoms with Crippen molar-refractivity contribution >= 4 is 23.9 Å². The van der Waals surface area contributed by atoms with E-state index in [4.69, 9.17) is 26.0 Å². The largest absolute Gasteiger partial charge is 0.466 e. The number of anilines is 1. The molecule has 2 heterocycles. The van der Waals surface area contributed by atoms with Gasteiger partial charge >= 0.3 is 11.9 Å². The number of hydrogen-bond donors (Lipinski definition) is 1. The molecular formula is C23H21N3O6. The molecule has 2 N–H and O–H groups in total. The smallest absolute Gasteiger partial charge is 0.337 e. The van der Waals surface area contributed by atoms with Crippen LogP contribution in [-0.2, 0) is 29.3 Å². The zero-order chi connectivity index (χ0) is 23.0. The first-order valence-electron chi connectivity index (χ1n) is 10.1. The molecule has 1 amide bonds. The number of rotatable bonds is 6. The first-order valence-corrected chi connectivity index (χ1v) is 10.1. The van der Waals surface area contributed by atoms with Gasteiger partial charge in [-0.05, 0) is 19.4 Å². The molecule has 32 heavy (non-hydrogen) atoms. The molecule has 9 heteroatoms. The van der Waals surface area contributed by atoms with Crippen molar-refractivity contribution in [3.63, 3.8) is 0 Å². The topological polar surface area (TPSA) is 125 Å². The molecule has 1 aromatic heterocycles. The minimum Gasteiger partial charge on any atom is -0.466 e. The number of amides is 1. The Balaban J connectivity index is 2.07. The number of esters is 2. The van der Waals surface area contributed by atoms with E-state index in [2.05, 4.69) is 10.9 Å². The summed E-state index contributed by atoms with van der Waals surface area (Å²) >= 11 is 0. The van der Waals surface area contributed by atoms with E-state index in [-0.39, 0.29) is 54.9 Å². The number of oxazole rings is 1. The Kier molecular flexibility index (Phi) is 5.22. The van der Waals surface area contributed by atoms with Crippen molar-refractivity contribution < 1.29 is 28.3 Å². The third-order valence-electron chi connectivity index (χ3n) is 5.48. The van der Waals surface area contributed by atoms with Crippen LogP contribution in [0.2, 0.25) is 0 Å². The van der Waals surface area contributed by atoms with Gasteiger partial charge in [-0.25, -0.2) is 4.79 Å². The van der Waals surface area contributed by atoms with Crippen molar-refractivity contribution in [1.29, 1.82) is 0 Å². The fourth-order valence-electron chi connectivity index (χ4n) is 4.43. The molecule has 1 aliphatic carbocycles. The second-order valence-electron chi connectivity index (χ2n) is 7.14. The molecule has 2 aliphatic rings. The highest BCUT2D eigenvalue weighted by Gasteiger charge is 2.64. The number of fused-ring (bicyclic) bond motifs is 5. The standard InChI is InChI=1S/C23H21N3O6/c1-4-11-26-15(12-16(27)30-5-2)17(20(28)31-6-3)23(21(26)29)14-10-8-7-9-13(14)18-19(23)25-22(24)32-18/h1,7-10H,5-6,11-12H2,2-3H3,(H2,24,25). The van der Waals surface area contributed by atoms with Gasteiger partial charge in [-0.2, -0.15) is 4.98 Å². The van der Waals surface area contributed by atoms with Gasteiger partial charge in [-0.3, -0.25) is 9.59 Å². The number of ether oxygens (including phenoxy) is 2. The Morgan fingerprint density at radius 3 is 2.66 bits per heavy atom. The highest BCUT2D eigenvalue weighted by molar-refractivity contribution is 6.15. The van der Waals surface area contributed by atoms with E-state index in [1.54, 1.807) is 38.1 Å². The van der Waals surface area contributed by atoms with Gasteiger partial charge in [-0.15, -0.1) is 6.42 Å². The van der Waals surface area contributed by atoms with Crippen molar-refractivity contribution in [2.75, 3.05) is 25.5 Å². The van der Waals surface area contributed by atoms with E-state index in [0.717, 1.165) is 0 Å². The van der Waals surface area contributed by atoms with Crippen LogP contribution in [0.25, 0.3) is 11.3 Å². The second-order valence-corrected chi connectivity index (χ2v) is 7.14. The lowest BCUT2D eigenvalue weighted by molar-refractivity contribution is -0.142. The molecule has 1 aliphatic heterocycles. The minimum absolute atomic E-state index is 0.0350. The Labute approximate surface area is 184 Å². The molecule has 0 radical (unpaired) electrons. The second kappa shape index (κ2) is 7.89. The summed E-state index contributed by atoms with van der Waals surface area (Å²) < 4.78 is 16.0. The van der Waals surface area contributed by atoms with Crippen molar-refractivity contribution in [2.24, 2.45) is 0 Å². The molecule has 0 saturated heterocycles. The molecule has 164 valence electrons. The maximum atomic E-state index is 14.0. The minimum atomic E-state index is -1.70. The molecular weight excluding hydrogens is 414 g/mol. The van der Waals surface area contributed by atoms with Crippen LogP contribution < -0.4 is 5.73 Å². The van der Waals surface area contributed by atoms with E-state index in [9.17, 15) is 14.4 Å². The molecule has 1 aromatic carbocycles. The molecule has 2 aromatic rings. The van der Waals surface area contributed by atoms with Crippen LogP contribution in [0.3, 0.4) is 0 Å². The lowest BCUT2D eigenvalue weighted by Crippen LogP contribution is -2.42. The van der Waals surface area contributed by atoms with Gasteiger partial charge in [0.05, 0.1) is 31.8 Å². The number of benzene rings is 1. The lowest BCUT2D eigenvalue weighted by Gasteiger charge is -2.26. The molecule has 4 rings (SSSR count). The number of hydrogen-bond acceptors (Lipinski definition) is 8. The van der Waals surface area contributed by atoms with E-state index < -0.39 is 23.3 Å². The Morgan fingerprint density at radius 1 is 1.25 bits per heavy atom. The van der Waals surface area contributed by atoms with Crippen molar-refractivity contribution in [1.82, 2.24) is 9.88 Å². The fourth-order valence-corrected chi connectivity index (χ4v) is 4.43. The summed E-state index contributed by atoms with van der Waals surface area (Å²) in [6, 6.07) is 6.81. The Bertz CT molecular complexity index is 1200.